The lowest BCUT2D eigenvalue weighted by Crippen LogP contribution is -2.44. The standard InChI is InChI=1S/C17H24N2O4/c1-12(11-21-2)18-17(20)19-7-3-4-14(19)13-5-6-15-16(10-13)23-9-8-22-15/h5-6,10,12,14H,3-4,7-9,11H2,1-2H3,(H,18,20)/t12-,14-/m0/s1. The highest BCUT2D eigenvalue weighted by Gasteiger charge is 2.31. The zero-order valence-electron chi connectivity index (χ0n) is 13.7. The summed E-state index contributed by atoms with van der Waals surface area (Å²) in [6, 6.07) is 6.01. The predicted octanol–water partition coefficient (Wildman–Crippen LogP) is 2.34. The zero-order chi connectivity index (χ0) is 16.2. The van der Waals surface area contributed by atoms with Crippen LogP contribution in [0.4, 0.5) is 4.79 Å². The van der Waals surface area contributed by atoms with E-state index in [2.05, 4.69) is 5.32 Å². The van der Waals surface area contributed by atoms with Crippen LogP contribution in [0, 0.1) is 0 Å². The number of benzene rings is 1. The minimum Gasteiger partial charge on any atom is -0.486 e. The summed E-state index contributed by atoms with van der Waals surface area (Å²) in [6.45, 7) is 4.37. The SMILES string of the molecule is COC[C@H](C)NC(=O)N1CCC[C@H]1c1ccc2c(c1)OCCO2. The third-order valence-corrected chi connectivity index (χ3v) is 4.25. The van der Waals surface area contributed by atoms with Crippen molar-refractivity contribution in [1.82, 2.24) is 10.2 Å². The number of ether oxygens (including phenoxy) is 3. The van der Waals surface area contributed by atoms with Crippen molar-refractivity contribution in [2.75, 3.05) is 33.5 Å². The van der Waals surface area contributed by atoms with Gasteiger partial charge < -0.3 is 24.4 Å². The smallest absolute Gasteiger partial charge is 0.318 e. The van der Waals surface area contributed by atoms with Gasteiger partial charge in [-0.3, -0.25) is 0 Å². The number of nitrogens with one attached hydrogen (secondary N) is 1. The van der Waals surface area contributed by atoms with E-state index in [0.29, 0.717) is 19.8 Å². The van der Waals surface area contributed by atoms with E-state index < -0.39 is 0 Å². The summed E-state index contributed by atoms with van der Waals surface area (Å²) in [6.07, 6.45) is 1.97. The second kappa shape index (κ2) is 7.08. The Morgan fingerprint density at radius 1 is 1.39 bits per heavy atom. The molecule has 2 aliphatic heterocycles. The van der Waals surface area contributed by atoms with Gasteiger partial charge in [0.15, 0.2) is 11.5 Å². The fourth-order valence-corrected chi connectivity index (χ4v) is 3.21. The van der Waals surface area contributed by atoms with Gasteiger partial charge in [0, 0.05) is 13.7 Å². The molecular formula is C17H24N2O4. The second-order valence-electron chi connectivity index (χ2n) is 6.06. The third-order valence-electron chi connectivity index (χ3n) is 4.25. The Balaban J connectivity index is 1.72. The van der Waals surface area contributed by atoms with Gasteiger partial charge in [0.05, 0.1) is 18.7 Å². The number of methoxy groups -OCH3 is 1. The van der Waals surface area contributed by atoms with Crippen LogP contribution in [-0.2, 0) is 4.74 Å². The number of carbonyl (C=O) groups excluding carboxylic acids is 1. The fourth-order valence-electron chi connectivity index (χ4n) is 3.21. The molecule has 23 heavy (non-hydrogen) atoms. The highest BCUT2D eigenvalue weighted by molar-refractivity contribution is 5.75. The van der Waals surface area contributed by atoms with Gasteiger partial charge in [-0.25, -0.2) is 4.79 Å². The molecule has 1 fully saturated rings. The summed E-state index contributed by atoms with van der Waals surface area (Å²) in [5.41, 5.74) is 1.10. The highest BCUT2D eigenvalue weighted by Crippen LogP contribution is 2.38. The van der Waals surface area contributed by atoms with Crippen LogP contribution in [0.3, 0.4) is 0 Å². The van der Waals surface area contributed by atoms with E-state index in [1.54, 1.807) is 7.11 Å². The maximum atomic E-state index is 12.5. The van der Waals surface area contributed by atoms with Crippen LogP contribution in [0.1, 0.15) is 31.4 Å². The molecule has 1 N–H and O–H groups in total. The molecule has 0 unspecified atom stereocenters. The van der Waals surface area contributed by atoms with Crippen LogP contribution < -0.4 is 14.8 Å². The van der Waals surface area contributed by atoms with E-state index >= 15 is 0 Å². The molecule has 0 bridgehead atoms. The number of hydrogen-bond donors (Lipinski definition) is 1. The van der Waals surface area contributed by atoms with Gasteiger partial charge in [0.1, 0.15) is 13.2 Å². The van der Waals surface area contributed by atoms with E-state index in [0.717, 1.165) is 36.4 Å². The maximum Gasteiger partial charge on any atom is 0.318 e. The molecule has 1 aromatic rings. The van der Waals surface area contributed by atoms with Crippen molar-refractivity contribution in [2.45, 2.75) is 31.8 Å². The molecule has 0 aliphatic carbocycles. The Kier molecular flexibility index (Phi) is 4.91. The second-order valence-corrected chi connectivity index (χ2v) is 6.06. The number of likely N-dealkylation sites (tertiary alicyclic amines) is 1. The first kappa shape index (κ1) is 15.9. The summed E-state index contributed by atoms with van der Waals surface area (Å²) in [5, 5.41) is 2.99. The Morgan fingerprint density at radius 3 is 2.96 bits per heavy atom. The van der Waals surface area contributed by atoms with Crippen molar-refractivity contribution >= 4 is 6.03 Å². The van der Waals surface area contributed by atoms with Gasteiger partial charge in [0.2, 0.25) is 0 Å². The maximum absolute atomic E-state index is 12.5. The van der Waals surface area contributed by atoms with Crippen LogP contribution in [0.15, 0.2) is 18.2 Å². The molecule has 2 atom stereocenters. The summed E-state index contributed by atoms with van der Waals surface area (Å²) >= 11 is 0. The number of carbonyl (C=O) groups is 1. The van der Waals surface area contributed by atoms with E-state index in [1.165, 1.54) is 0 Å². The topological polar surface area (TPSA) is 60.0 Å². The number of urea groups is 1. The zero-order valence-corrected chi connectivity index (χ0v) is 13.7. The van der Waals surface area contributed by atoms with Gasteiger partial charge in [-0.1, -0.05) is 6.07 Å². The van der Waals surface area contributed by atoms with Crippen molar-refractivity contribution in [2.24, 2.45) is 0 Å². The molecule has 1 saturated heterocycles. The molecule has 0 aromatic heterocycles. The van der Waals surface area contributed by atoms with Crippen molar-refractivity contribution < 1.29 is 19.0 Å². The van der Waals surface area contributed by atoms with Crippen LogP contribution in [0.25, 0.3) is 0 Å². The van der Waals surface area contributed by atoms with Crippen LogP contribution >= 0.6 is 0 Å². The minimum atomic E-state index is -0.0352. The number of fused-ring (bicyclic) bond motifs is 1. The average Bonchev–Trinajstić information content (AvgIpc) is 3.04. The molecular weight excluding hydrogens is 296 g/mol. The largest absolute Gasteiger partial charge is 0.486 e. The normalized spacial score (nSPS) is 21.1. The van der Waals surface area contributed by atoms with Crippen molar-refractivity contribution in [3.05, 3.63) is 23.8 Å². The summed E-state index contributed by atoms with van der Waals surface area (Å²) < 4.78 is 16.3. The molecule has 6 heteroatoms. The molecule has 1 aromatic carbocycles. The first-order valence-corrected chi connectivity index (χ1v) is 8.14. The summed E-state index contributed by atoms with van der Waals surface area (Å²) in [4.78, 5) is 14.4. The van der Waals surface area contributed by atoms with Crippen LogP contribution in [-0.4, -0.2) is 50.4 Å². The van der Waals surface area contributed by atoms with Crippen LogP contribution in [0.2, 0.25) is 0 Å². The third kappa shape index (κ3) is 3.52. The summed E-state index contributed by atoms with van der Waals surface area (Å²) in [7, 11) is 1.64. The van der Waals surface area contributed by atoms with Gasteiger partial charge in [-0.05, 0) is 37.5 Å². The number of nitrogens with zero attached hydrogens (tertiary/aromatic N) is 1. The molecule has 6 nitrogen and oxygen atoms in total. The van der Waals surface area contributed by atoms with Crippen molar-refractivity contribution in [1.29, 1.82) is 0 Å². The summed E-state index contributed by atoms with van der Waals surface area (Å²) in [5.74, 6) is 1.55. The molecule has 2 aliphatic rings. The lowest BCUT2D eigenvalue weighted by atomic mass is 10.0. The number of amides is 2. The lowest BCUT2D eigenvalue weighted by molar-refractivity contribution is 0.156. The Labute approximate surface area is 136 Å². The molecule has 3 rings (SSSR count). The van der Waals surface area contributed by atoms with Crippen LogP contribution in [0.5, 0.6) is 11.5 Å². The van der Waals surface area contributed by atoms with Crippen molar-refractivity contribution in [3.63, 3.8) is 0 Å². The monoisotopic (exact) mass is 320 g/mol. The van der Waals surface area contributed by atoms with E-state index in [4.69, 9.17) is 14.2 Å². The number of rotatable bonds is 4. The molecule has 126 valence electrons. The number of hydrogen-bond acceptors (Lipinski definition) is 4. The Bertz CT molecular complexity index is 564. The Morgan fingerprint density at radius 2 is 2.17 bits per heavy atom. The molecule has 2 heterocycles. The molecule has 2 amide bonds. The first-order valence-electron chi connectivity index (χ1n) is 8.14. The Hall–Kier alpha value is -1.95. The van der Waals surface area contributed by atoms with E-state index in [9.17, 15) is 4.79 Å². The molecule has 0 spiro atoms. The van der Waals surface area contributed by atoms with Gasteiger partial charge in [-0.15, -0.1) is 0 Å². The van der Waals surface area contributed by atoms with Gasteiger partial charge in [-0.2, -0.15) is 0 Å². The lowest BCUT2D eigenvalue weighted by Gasteiger charge is -2.28. The van der Waals surface area contributed by atoms with Gasteiger partial charge >= 0.3 is 6.03 Å². The minimum absolute atomic E-state index is 0.00554. The quantitative estimate of drug-likeness (QED) is 0.925. The van der Waals surface area contributed by atoms with E-state index in [1.807, 2.05) is 30.0 Å². The first-order chi connectivity index (χ1) is 11.2. The molecule has 0 saturated carbocycles. The highest BCUT2D eigenvalue weighted by atomic mass is 16.6. The van der Waals surface area contributed by atoms with Gasteiger partial charge in [0.25, 0.3) is 0 Å². The average molecular weight is 320 g/mol. The predicted molar refractivity (Wildman–Crippen MR) is 86.0 cm³/mol. The van der Waals surface area contributed by atoms with Crippen molar-refractivity contribution in [3.8, 4) is 11.5 Å². The van der Waals surface area contributed by atoms with E-state index in [-0.39, 0.29) is 18.1 Å². The fraction of sp³-hybridized carbons (Fsp3) is 0.588. The molecule has 0 radical (unpaired) electrons.